The molecule has 6 aliphatic rings. The summed E-state index contributed by atoms with van der Waals surface area (Å²) in [6.45, 7) is 11.2. The zero-order chi connectivity index (χ0) is 64.1. The third-order valence-electron chi connectivity index (χ3n) is 15.2. The monoisotopic (exact) mass is 1410 g/mol. The number of carbonyl (C=O) groups is 4. The molecule has 26 nitrogen and oxygen atoms in total. The number of allylic oxidation sites excluding steroid dienone is 3. The minimum atomic E-state index is -2.15. The predicted molar refractivity (Wildman–Crippen MR) is 328 cm³/mol. The van der Waals surface area contributed by atoms with Crippen LogP contribution in [0.25, 0.3) is 0 Å². The fourth-order valence-electron chi connectivity index (χ4n) is 10.8. The number of fused-ring (bicyclic) bond motifs is 2. The van der Waals surface area contributed by atoms with Gasteiger partial charge in [-0.2, -0.15) is 5.48 Å². The fraction of sp³-hybridized carbons (Fsp3) is 0.655. The van der Waals surface area contributed by atoms with Crippen molar-refractivity contribution in [2.45, 2.75) is 176 Å². The summed E-state index contributed by atoms with van der Waals surface area (Å²) in [5, 5.41) is 62.8. The largest absolute Gasteiger partial charge is 0.492 e. The standard InChI is InChI=1S/C58H78IN3O23S3/c1-12-60-32-25-78-38(23-36(32)72-7)83-51-46(67)43(28(4)80-56(51)82-35-18-16-14-15-17-20-58(71)24-34(64)44(61-57(70)76-11)41(35)31(58)19-21-86-87-26-37(65)77-13-2)62-85-39-22-33(63)53(30(6)79-39)88-54(69)40-27(3)42(59)49(52(75-10)48(40)73-8)84-55-47(68)50(74-9)45(66)29(5)81-55/h14-15,19,28-30,32-33,35-36,38-39,43,45-47,50-51,53,55-56,60,62-63,66-68,71H,12-13,21-26H2,1-11H3,(H,61,70)/b15-14-,31-19+/t28-,29+,30-,32+,33+,35+,36+,38+,39+,43-,45+,46+,47-,50-,51-,53-,55+,56+,58+/m1/s1. The van der Waals surface area contributed by atoms with Crippen molar-refractivity contribution in [3.63, 3.8) is 0 Å². The Morgan fingerprint density at radius 1 is 0.852 bits per heavy atom. The van der Waals surface area contributed by atoms with E-state index in [1.807, 2.05) is 29.5 Å². The Hall–Kier alpha value is -3.82. The number of hydroxylamine groups is 1. The molecule has 88 heavy (non-hydrogen) atoms. The Bertz CT molecular complexity index is 2850. The molecule has 4 aliphatic heterocycles. The Morgan fingerprint density at radius 3 is 2.25 bits per heavy atom. The maximum absolute atomic E-state index is 14.5. The number of rotatable bonds is 24. The fourth-order valence-corrected chi connectivity index (χ4v) is 14.2. The number of hydrogen-bond donors (Lipinski definition) is 8. The average Bonchev–Trinajstić information content (AvgIpc) is 2.03. The van der Waals surface area contributed by atoms with E-state index in [0.717, 1.165) is 18.9 Å². The molecule has 488 valence electrons. The van der Waals surface area contributed by atoms with E-state index >= 15 is 0 Å². The van der Waals surface area contributed by atoms with Crippen LogP contribution in [0.1, 0.15) is 69.8 Å². The maximum Gasteiger partial charge on any atom is 0.411 e. The molecule has 2 aliphatic carbocycles. The van der Waals surface area contributed by atoms with Crippen molar-refractivity contribution >= 4 is 78.9 Å². The van der Waals surface area contributed by atoms with Gasteiger partial charge in [-0.1, -0.05) is 70.0 Å². The number of alkyl carbamates (subject to hydrolysis) is 1. The topological polar surface area (TPSA) is 335 Å². The van der Waals surface area contributed by atoms with Crippen LogP contribution in [0.2, 0.25) is 0 Å². The number of benzene rings is 1. The number of halogens is 1. The summed E-state index contributed by atoms with van der Waals surface area (Å²) in [5.41, 5.74) is 0.928. The van der Waals surface area contributed by atoms with Gasteiger partial charge in [0.25, 0.3) is 0 Å². The number of hydrogen-bond acceptors (Lipinski definition) is 28. The summed E-state index contributed by atoms with van der Waals surface area (Å²) in [6.07, 6.45) is -14.5. The highest BCUT2D eigenvalue weighted by molar-refractivity contribution is 14.1. The van der Waals surface area contributed by atoms with Crippen LogP contribution in [-0.4, -0.2) is 231 Å². The highest BCUT2D eigenvalue weighted by Gasteiger charge is 2.52. The molecule has 4 saturated heterocycles. The van der Waals surface area contributed by atoms with Crippen LogP contribution >= 0.6 is 55.9 Å². The molecule has 7 rings (SSSR count). The first-order chi connectivity index (χ1) is 42.1. The number of methoxy groups -OCH3 is 5. The molecule has 1 amide bonds. The van der Waals surface area contributed by atoms with Gasteiger partial charge in [0.2, 0.25) is 17.2 Å². The second kappa shape index (κ2) is 33.1. The van der Waals surface area contributed by atoms with Crippen LogP contribution < -0.4 is 30.3 Å². The number of aliphatic hydroxyl groups is 5. The molecule has 0 saturated carbocycles. The lowest BCUT2D eigenvalue weighted by Crippen LogP contribution is -2.65. The van der Waals surface area contributed by atoms with Crippen molar-refractivity contribution in [3.05, 3.63) is 49.8 Å². The second-order valence-electron chi connectivity index (χ2n) is 20.9. The van der Waals surface area contributed by atoms with E-state index in [4.69, 9.17) is 66.4 Å². The van der Waals surface area contributed by atoms with Crippen LogP contribution in [0.3, 0.4) is 0 Å². The first-order valence-electron chi connectivity index (χ1n) is 28.4. The average molecular weight is 1410 g/mol. The summed E-state index contributed by atoms with van der Waals surface area (Å²) >= 11 is 2.81. The highest BCUT2D eigenvalue weighted by Crippen LogP contribution is 2.49. The molecule has 30 heteroatoms. The minimum absolute atomic E-state index is 0.0162. The van der Waals surface area contributed by atoms with Gasteiger partial charge in [0.15, 0.2) is 41.8 Å². The molecular weight excluding hydrogens is 1330 g/mol. The number of amides is 1. The molecule has 0 aromatic heterocycles. The number of ether oxygens (including phenoxy) is 13. The second-order valence-corrected chi connectivity index (χ2v) is 25.6. The van der Waals surface area contributed by atoms with Gasteiger partial charge in [-0.25, -0.2) is 4.79 Å². The number of esters is 1. The molecule has 1 aromatic rings. The Labute approximate surface area is 536 Å². The lowest BCUT2D eigenvalue weighted by molar-refractivity contribution is -0.336. The van der Waals surface area contributed by atoms with E-state index in [0.29, 0.717) is 15.7 Å². The van der Waals surface area contributed by atoms with Gasteiger partial charge in [-0.15, -0.1) is 0 Å². The maximum atomic E-state index is 14.5. The van der Waals surface area contributed by atoms with Crippen LogP contribution in [-0.2, 0) is 61.8 Å². The minimum Gasteiger partial charge on any atom is -0.492 e. The number of ketones is 1. The highest BCUT2D eigenvalue weighted by atomic mass is 127. The van der Waals surface area contributed by atoms with Gasteiger partial charge in [0.05, 0.1) is 104 Å². The van der Waals surface area contributed by atoms with Crippen molar-refractivity contribution in [1.29, 1.82) is 0 Å². The van der Waals surface area contributed by atoms with Gasteiger partial charge in [-0.05, 0) is 81.5 Å². The quantitative estimate of drug-likeness (QED) is 0.0184. The van der Waals surface area contributed by atoms with Gasteiger partial charge >= 0.3 is 12.1 Å². The smallest absolute Gasteiger partial charge is 0.411 e. The zero-order valence-corrected chi connectivity index (χ0v) is 55.1. The Balaban J connectivity index is 1.12. The number of Topliss-reactive ketones (excluding diaryl/α,β-unsaturated/α-hetero) is 1. The normalized spacial score (nSPS) is 34.7. The summed E-state index contributed by atoms with van der Waals surface area (Å²) in [6, 6.07) is -1.32. The molecular formula is C58H78IN3O23S3. The molecule has 0 spiro atoms. The van der Waals surface area contributed by atoms with E-state index in [1.54, 1.807) is 47.8 Å². The van der Waals surface area contributed by atoms with Crippen LogP contribution in [0.5, 0.6) is 17.2 Å². The lowest BCUT2D eigenvalue weighted by atomic mass is 9.75. The number of nitrogens with one attached hydrogen (secondary N) is 3. The Morgan fingerprint density at radius 2 is 1.58 bits per heavy atom. The number of aliphatic hydroxyl groups excluding tert-OH is 4. The Kier molecular flexibility index (Phi) is 27.0. The number of thioether (sulfide) groups is 1. The number of carbonyl (C=O) groups excluding carboxylic acids is 4. The summed E-state index contributed by atoms with van der Waals surface area (Å²) in [4.78, 5) is 59.9. The van der Waals surface area contributed by atoms with Crippen LogP contribution in [0.15, 0.2) is 35.1 Å². The molecule has 19 atom stereocenters. The van der Waals surface area contributed by atoms with E-state index in [-0.39, 0.29) is 83.3 Å². The van der Waals surface area contributed by atoms with E-state index in [2.05, 4.69) is 39.8 Å². The van der Waals surface area contributed by atoms with Gasteiger partial charge in [0, 0.05) is 44.0 Å². The SMILES string of the molecule is CCN[C@H]1CO[C@@H](O[C@H]2[C@H](O[C@H]3C#C/C=C\C#C[C@]4(O)CC(=O)C(NC(=O)OC)=C3/C4=C\CSSCC(=O)OCC)O[C@H](C)[C@@H](NO[C@H]3C[C@H](O)[C@H](SC(=O)c4c(C)c(I)c(O[C@@H]5O[C@@H](C)[C@H](O)[C@@H](OC)[C@H]5O)c(OC)c4OC)[C@@H](C)O3)[C@@H]2O)C[C@@H]1OC. The molecule has 2 bridgehead atoms. The molecule has 0 radical (unpaired) electrons. The number of likely N-dealkylation sites (N-methyl/N-ethyl adjacent to an activating group) is 1. The van der Waals surface area contributed by atoms with Crippen LogP contribution in [0.4, 0.5) is 4.79 Å². The zero-order valence-electron chi connectivity index (χ0n) is 50.5. The molecule has 4 heterocycles. The third-order valence-corrected chi connectivity index (χ3v) is 20.0. The van der Waals surface area contributed by atoms with Crippen molar-refractivity contribution in [2.24, 2.45) is 0 Å². The van der Waals surface area contributed by atoms with Crippen LogP contribution in [0, 0.1) is 34.2 Å². The third kappa shape index (κ3) is 16.9. The molecule has 0 unspecified atom stereocenters. The van der Waals surface area contributed by atoms with E-state index < -0.39 is 139 Å². The van der Waals surface area contributed by atoms with Crippen molar-refractivity contribution in [3.8, 4) is 40.9 Å². The molecule has 4 fully saturated rings. The predicted octanol–water partition coefficient (Wildman–Crippen LogP) is 2.48. The van der Waals surface area contributed by atoms with Crippen molar-refractivity contribution in [1.82, 2.24) is 16.1 Å². The summed E-state index contributed by atoms with van der Waals surface area (Å²) in [7, 11) is 9.17. The summed E-state index contributed by atoms with van der Waals surface area (Å²) in [5.74, 6) is 10.5. The van der Waals surface area contributed by atoms with E-state index in [9.17, 15) is 44.7 Å². The van der Waals surface area contributed by atoms with Gasteiger partial charge in [0.1, 0.15) is 42.4 Å². The van der Waals surface area contributed by atoms with Crippen molar-refractivity contribution < 1.29 is 111 Å². The van der Waals surface area contributed by atoms with Gasteiger partial charge in [-0.3, -0.25) is 24.5 Å². The first kappa shape index (κ1) is 71.6. The first-order valence-corrected chi connectivity index (χ1v) is 32.8. The summed E-state index contributed by atoms with van der Waals surface area (Å²) < 4.78 is 77.6. The lowest BCUT2D eigenvalue weighted by Gasteiger charge is -2.46. The van der Waals surface area contributed by atoms with Gasteiger partial charge < -0.3 is 92.4 Å². The van der Waals surface area contributed by atoms with Crippen molar-refractivity contribution in [2.75, 3.05) is 66.8 Å². The van der Waals surface area contributed by atoms with E-state index in [1.165, 1.54) is 55.1 Å². The molecule has 8 N–H and O–H groups in total. The molecule has 1 aromatic carbocycles.